The molecule has 5 fully saturated rings. The zero-order valence-corrected chi connectivity index (χ0v) is 33.6. The lowest BCUT2D eigenvalue weighted by atomic mass is 9.51. The number of likely N-dealkylation sites (tertiary alicyclic amines) is 1. The highest BCUT2D eigenvalue weighted by molar-refractivity contribution is 8.05. The molecule has 1 aliphatic heterocycles. The number of ether oxygens (including phenoxy) is 2. The van der Waals surface area contributed by atoms with Gasteiger partial charge in [0.1, 0.15) is 29.6 Å². The van der Waals surface area contributed by atoms with Crippen LogP contribution in [-0.2, 0) is 23.9 Å². The number of carbonyl (C=O) groups excluding carboxylic acids is 2. The lowest BCUT2D eigenvalue weighted by Crippen LogP contribution is -2.57. The summed E-state index contributed by atoms with van der Waals surface area (Å²) >= 11 is 0. The molecule has 4 aliphatic carbocycles. The normalized spacial score (nSPS) is 27.2. The van der Waals surface area contributed by atoms with E-state index >= 15 is 0 Å². The van der Waals surface area contributed by atoms with E-state index in [2.05, 4.69) is 39.0 Å². The van der Waals surface area contributed by atoms with Crippen molar-refractivity contribution in [3.8, 4) is 17.0 Å². The number of amides is 2. The fourth-order valence-electron chi connectivity index (χ4n) is 8.93. The number of methoxy groups -OCH3 is 1. The van der Waals surface area contributed by atoms with Crippen molar-refractivity contribution in [2.45, 2.75) is 108 Å². The van der Waals surface area contributed by atoms with Crippen LogP contribution in [0.4, 0.5) is 10.6 Å². The number of hydrogen-bond acceptors (Lipinski definition) is 8. The minimum atomic E-state index is -1.90. The monoisotopic (exact) mass is 746 g/mol. The molecule has 0 spiro atoms. The summed E-state index contributed by atoms with van der Waals surface area (Å²) in [5, 5.41) is 0.0437. The van der Waals surface area contributed by atoms with Crippen molar-refractivity contribution < 1.29 is 27.7 Å². The molecule has 3 heterocycles. The van der Waals surface area contributed by atoms with Gasteiger partial charge in [0.25, 0.3) is 0 Å². The van der Waals surface area contributed by atoms with Crippen LogP contribution in [0.15, 0.2) is 47.2 Å². The molecule has 5 aliphatic rings. The van der Waals surface area contributed by atoms with E-state index in [1.165, 1.54) is 20.1 Å². The Kier molecular flexibility index (Phi) is 10.2. The van der Waals surface area contributed by atoms with Gasteiger partial charge in [0.05, 0.1) is 12.4 Å². The Hall–Kier alpha value is -3.51. The summed E-state index contributed by atoms with van der Waals surface area (Å²) in [6.07, 6.45) is 13.8. The molecule has 2 amide bonds. The highest BCUT2D eigenvalue weighted by Crippen LogP contribution is 2.58. The van der Waals surface area contributed by atoms with Crippen LogP contribution in [0.1, 0.15) is 101 Å². The zero-order chi connectivity index (χ0) is 36.8. The third kappa shape index (κ3) is 7.34. The maximum absolute atomic E-state index is 14.7. The van der Waals surface area contributed by atoms with Crippen molar-refractivity contribution >= 4 is 35.7 Å². The Morgan fingerprint density at radius 1 is 1.06 bits per heavy atom. The molecular formula is C40H54N4O6SSi. The molecule has 1 saturated heterocycles. The first-order valence-electron chi connectivity index (χ1n) is 18.9. The minimum Gasteiger partial charge on any atom is -0.496 e. The SMILES string of the molecule is COc1ccc(C23CCC(CN(C(=O)C4CCC(OC(=O)N5CC(S(C)(=O)=[SiH2])C5)CC4)c4cc(-c5coc(C(C)C)n5)ccn4)(CC2)CC3)cc1C. The van der Waals surface area contributed by atoms with Crippen molar-refractivity contribution in [3.05, 3.63) is 59.8 Å². The van der Waals surface area contributed by atoms with Gasteiger partial charge in [-0.3, -0.25) is 13.9 Å². The number of anilines is 1. The van der Waals surface area contributed by atoms with Gasteiger partial charge in [-0.25, -0.2) is 14.8 Å². The maximum Gasteiger partial charge on any atom is 0.410 e. The maximum atomic E-state index is 14.7. The summed E-state index contributed by atoms with van der Waals surface area (Å²) in [5.74, 6) is 2.36. The van der Waals surface area contributed by atoms with Crippen LogP contribution in [-0.4, -0.2) is 84.4 Å². The van der Waals surface area contributed by atoms with Crippen LogP contribution in [0, 0.1) is 18.3 Å². The Morgan fingerprint density at radius 3 is 2.35 bits per heavy atom. The van der Waals surface area contributed by atoms with Gasteiger partial charge in [-0.15, -0.1) is 0 Å². The Morgan fingerprint density at radius 2 is 1.75 bits per heavy atom. The molecule has 12 heteroatoms. The lowest BCUT2D eigenvalue weighted by Gasteiger charge is -2.55. The standard InChI is InChI=1S/C40H54N4O6SSi/c1-26(2)36-42-33(24-49-36)29-12-19-41-35(21-29)44(25-39-13-16-40(17-14-39,18-15-39)30-8-11-34(48-4)27(3)20-30)37(45)28-6-9-31(10-7-28)50-38(46)43-22-32(23-43)51(5,47)52/h8,11-12,19-21,24,26,28,31-32H,6-7,9-10,13-18,22-23,25,52H2,1-5H3. The fourth-order valence-corrected chi connectivity index (χ4v) is 10.6. The second-order valence-corrected chi connectivity index (χ2v) is 22.7. The molecule has 0 N–H and O–H groups in total. The number of aromatic nitrogens is 2. The minimum absolute atomic E-state index is 0.0258. The van der Waals surface area contributed by atoms with Gasteiger partial charge in [-0.2, -0.15) is 0 Å². The summed E-state index contributed by atoms with van der Waals surface area (Å²) in [4.78, 5) is 40.7. The van der Waals surface area contributed by atoms with Crippen LogP contribution < -0.4 is 9.64 Å². The van der Waals surface area contributed by atoms with E-state index < -0.39 is 8.93 Å². The largest absolute Gasteiger partial charge is 0.496 e. The highest BCUT2D eigenvalue weighted by atomic mass is 32.3. The second kappa shape index (κ2) is 14.4. The number of carbonyl (C=O) groups is 2. The molecule has 10 nitrogen and oxygen atoms in total. The molecule has 1 atom stereocenters. The van der Waals surface area contributed by atoms with E-state index in [0.29, 0.717) is 57.0 Å². The quantitative estimate of drug-likeness (QED) is 0.212. The molecule has 280 valence electrons. The average molecular weight is 747 g/mol. The second-order valence-electron chi connectivity index (χ2n) is 16.5. The van der Waals surface area contributed by atoms with E-state index in [0.717, 1.165) is 55.5 Å². The summed E-state index contributed by atoms with van der Waals surface area (Å²) in [6, 6.07) is 10.6. The fraction of sp³-hybridized carbons (Fsp3) is 0.600. The van der Waals surface area contributed by atoms with Crippen LogP contribution >= 0.6 is 0 Å². The molecule has 1 unspecified atom stereocenters. The van der Waals surface area contributed by atoms with Gasteiger partial charge in [0.2, 0.25) is 5.91 Å². The Bertz CT molecular complexity index is 1890. The Balaban J connectivity index is 1.07. The smallest absolute Gasteiger partial charge is 0.410 e. The summed E-state index contributed by atoms with van der Waals surface area (Å²) < 4.78 is 29.5. The number of rotatable bonds is 10. The molecule has 3 aromatic rings. The zero-order valence-electron chi connectivity index (χ0n) is 31.4. The number of benzene rings is 1. The third-order valence-electron chi connectivity index (χ3n) is 12.6. The van der Waals surface area contributed by atoms with Gasteiger partial charge in [-0.05, 0) is 118 Å². The first kappa shape index (κ1) is 36.8. The molecule has 4 saturated carbocycles. The molecule has 0 radical (unpaired) electrons. The van der Waals surface area contributed by atoms with Gasteiger partial charge in [0, 0.05) is 52.2 Å². The Labute approximate surface area is 311 Å². The topological polar surface area (TPSA) is 115 Å². The number of nitrogens with zero attached hydrogens (tertiary/aromatic N) is 4. The molecular weight excluding hydrogens is 693 g/mol. The van der Waals surface area contributed by atoms with E-state index in [-0.39, 0.29) is 46.0 Å². The van der Waals surface area contributed by atoms with Crippen LogP contribution in [0.5, 0.6) is 5.75 Å². The number of hydrogen-bond donors (Lipinski definition) is 0. The number of fused-ring (bicyclic) bond motifs is 3. The van der Waals surface area contributed by atoms with Crippen LogP contribution in [0.2, 0.25) is 0 Å². The molecule has 2 bridgehead atoms. The van der Waals surface area contributed by atoms with Crippen molar-refractivity contribution in [2.24, 2.45) is 11.3 Å². The highest BCUT2D eigenvalue weighted by Gasteiger charge is 2.51. The molecule has 8 rings (SSSR count). The van der Waals surface area contributed by atoms with Gasteiger partial charge < -0.3 is 18.8 Å². The third-order valence-corrected chi connectivity index (χ3v) is 15.7. The predicted molar refractivity (Wildman–Crippen MR) is 206 cm³/mol. The first-order chi connectivity index (χ1) is 24.8. The summed E-state index contributed by atoms with van der Waals surface area (Å²) in [5.41, 5.74) is 4.41. The lowest BCUT2D eigenvalue weighted by molar-refractivity contribution is -0.124. The van der Waals surface area contributed by atoms with Gasteiger partial charge in [0.15, 0.2) is 5.89 Å². The first-order valence-corrected chi connectivity index (χ1v) is 22.9. The van der Waals surface area contributed by atoms with Gasteiger partial charge >= 0.3 is 6.09 Å². The average Bonchev–Trinajstić information content (AvgIpc) is 3.62. The van der Waals surface area contributed by atoms with Crippen molar-refractivity contribution in [1.82, 2.24) is 14.9 Å². The molecule has 2 aromatic heterocycles. The van der Waals surface area contributed by atoms with E-state index in [9.17, 15) is 13.8 Å². The van der Waals surface area contributed by atoms with E-state index in [1.807, 2.05) is 17.0 Å². The van der Waals surface area contributed by atoms with Crippen LogP contribution in [0.3, 0.4) is 0 Å². The van der Waals surface area contributed by atoms with Crippen molar-refractivity contribution in [3.63, 3.8) is 0 Å². The van der Waals surface area contributed by atoms with Crippen molar-refractivity contribution in [1.29, 1.82) is 0 Å². The van der Waals surface area contributed by atoms with E-state index in [1.54, 1.807) is 30.7 Å². The predicted octanol–water partition coefficient (Wildman–Crippen LogP) is 6.64. The van der Waals surface area contributed by atoms with Gasteiger partial charge in [-0.1, -0.05) is 34.9 Å². The van der Waals surface area contributed by atoms with E-state index in [4.69, 9.17) is 23.9 Å². The molecule has 1 aromatic carbocycles. The summed E-state index contributed by atoms with van der Waals surface area (Å²) in [7, 11) is 1.36. The van der Waals surface area contributed by atoms with Crippen LogP contribution in [0.25, 0.3) is 11.3 Å². The number of pyridine rings is 1. The number of oxazole rings is 1. The van der Waals surface area contributed by atoms with Crippen molar-refractivity contribution in [2.75, 3.05) is 37.9 Å². The summed E-state index contributed by atoms with van der Waals surface area (Å²) in [6.45, 7) is 7.85. The number of aryl methyl sites for hydroxylation is 1. The molecule has 52 heavy (non-hydrogen) atoms.